The summed E-state index contributed by atoms with van der Waals surface area (Å²) < 4.78 is 41.1. The number of ether oxygens (including phenoxy) is 1. The molecule has 0 aliphatic rings. The van der Waals surface area contributed by atoms with E-state index in [1.807, 2.05) is 43.3 Å². The average molecular weight is 530 g/mol. The van der Waals surface area contributed by atoms with Gasteiger partial charge in [-0.3, -0.25) is 0 Å². The van der Waals surface area contributed by atoms with Crippen LogP contribution in [0.1, 0.15) is 87.8 Å². The van der Waals surface area contributed by atoms with Gasteiger partial charge in [-0.05, 0) is 67.4 Å². The second-order valence-corrected chi connectivity index (χ2v) is 10.1. The van der Waals surface area contributed by atoms with Crippen molar-refractivity contribution >= 4 is 11.1 Å². The van der Waals surface area contributed by atoms with Crippen molar-refractivity contribution < 1.29 is 17.9 Å². The monoisotopic (exact) mass is 529 g/mol. The van der Waals surface area contributed by atoms with Gasteiger partial charge in [-0.1, -0.05) is 82.6 Å². The Labute approximate surface area is 230 Å². The Hall–Kier alpha value is -3.65. The lowest BCUT2D eigenvalue weighted by molar-refractivity contribution is 0.304. The van der Waals surface area contributed by atoms with Crippen molar-refractivity contribution in [2.75, 3.05) is 6.61 Å². The van der Waals surface area contributed by atoms with E-state index in [0.29, 0.717) is 23.3 Å². The first-order valence-corrected chi connectivity index (χ1v) is 14.2. The van der Waals surface area contributed by atoms with Crippen LogP contribution in [0.25, 0.3) is 22.6 Å². The second kappa shape index (κ2) is 14.5. The first-order valence-electron chi connectivity index (χ1n) is 14.2. The highest BCUT2D eigenvalue weighted by molar-refractivity contribution is 5.77. The number of aromatic nitrogens is 1. The van der Waals surface area contributed by atoms with Crippen molar-refractivity contribution in [1.82, 2.24) is 4.98 Å². The molecule has 0 saturated carbocycles. The van der Waals surface area contributed by atoms with E-state index in [4.69, 9.17) is 9.15 Å². The van der Waals surface area contributed by atoms with Crippen molar-refractivity contribution in [1.29, 1.82) is 0 Å². The van der Waals surface area contributed by atoms with Gasteiger partial charge in [0.25, 0.3) is 0 Å². The van der Waals surface area contributed by atoms with E-state index >= 15 is 0 Å². The maximum Gasteiger partial charge on any atom is 0.230 e. The van der Waals surface area contributed by atoms with Crippen LogP contribution in [0.4, 0.5) is 8.78 Å². The lowest BCUT2D eigenvalue weighted by Crippen LogP contribution is -1.97. The van der Waals surface area contributed by atoms with Crippen LogP contribution >= 0.6 is 0 Å². The van der Waals surface area contributed by atoms with Crippen molar-refractivity contribution in [2.45, 2.75) is 78.1 Å². The predicted octanol–water partition coefficient (Wildman–Crippen LogP) is 9.78. The van der Waals surface area contributed by atoms with Crippen LogP contribution in [0.5, 0.6) is 5.75 Å². The number of unbranched alkanes of at least 4 members (excludes halogenated alkanes) is 9. The van der Waals surface area contributed by atoms with Gasteiger partial charge in [-0.15, -0.1) is 0 Å². The molecule has 1 heterocycles. The molecule has 4 aromatic rings. The highest BCUT2D eigenvalue weighted by Gasteiger charge is 2.18. The summed E-state index contributed by atoms with van der Waals surface area (Å²) in [6.45, 7) is 4.88. The minimum atomic E-state index is -1.03. The first-order chi connectivity index (χ1) is 19.0. The molecule has 0 unspecified atom stereocenters. The van der Waals surface area contributed by atoms with Gasteiger partial charge in [0.15, 0.2) is 17.2 Å². The molecular formula is C34H37F2NO2. The van der Waals surface area contributed by atoms with Crippen LogP contribution in [0.2, 0.25) is 0 Å². The molecule has 3 aromatic carbocycles. The van der Waals surface area contributed by atoms with Crippen LogP contribution < -0.4 is 4.74 Å². The average Bonchev–Trinajstić information content (AvgIpc) is 3.36. The Morgan fingerprint density at radius 3 is 2.18 bits per heavy atom. The number of aryl methyl sites for hydroxylation is 1. The maximum atomic E-state index is 14.9. The third-order valence-electron chi connectivity index (χ3n) is 6.82. The van der Waals surface area contributed by atoms with Crippen LogP contribution in [0.15, 0.2) is 59.0 Å². The molecule has 0 fully saturated rings. The Bertz CT molecular complexity index is 1410. The fraction of sp³-hybridized carbons (Fsp3) is 0.382. The van der Waals surface area contributed by atoms with Gasteiger partial charge in [0.2, 0.25) is 5.89 Å². The van der Waals surface area contributed by atoms with Gasteiger partial charge in [0.1, 0.15) is 11.3 Å². The fourth-order valence-corrected chi connectivity index (χ4v) is 4.52. The fourth-order valence-electron chi connectivity index (χ4n) is 4.52. The number of rotatable bonds is 13. The highest BCUT2D eigenvalue weighted by Crippen LogP contribution is 2.29. The summed E-state index contributed by atoms with van der Waals surface area (Å²) in [5.74, 6) is 4.42. The zero-order chi connectivity index (χ0) is 27.5. The quantitative estimate of drug-likeness (QED) is 0.128. The number of hydrogen-bond donors (Lipinski definition) is 0. The Balaban J connectivity index is 1.25. The Kier molecular flexibility index (Phi) is 10.5. The molecular weight excluding hydrogens is 492 g/mol. The van der Waals surface area contributed by atoms with E-state index in [-0.39, 0.29) is 17.0 Å². The minimum absolute atomic E-state index is 0.0236. The van der Waals surface area contributed by atoms with Crippen LogP contribution in [0.3, 0.4) is 0 Å². The number of fused-ring (bicyclic) bond motifs is 1. The summed E-state index contributed by atoms with van der Waals surface area (Å²) in [4.78, 5) is 4.31. The Morgan fingerprint density at radius 2 is 1.46 bits per heavy atom. The smallest absolute Gasteiger partial charge is 0.230 e. The normalized spacial score (nSPS) is 11.0. The number of nitrogens with zero attached hydrogens (tertiary/aromatic N) is 1. The summed E-state index contributed by atoms with van der Waals surface area (Å²) >= 11 is 0. The van der Waals surface area contributed by atoms with E-state index in [1.54, 1.807) is 6.07 Å². The number of benzene rings is 3. The van der Waals surface area contributed by atoms with Crippen LogP contribution in [-0.2, 0) is 0 Å². The zero-order valence-corrected chi connectivity index (χ0v) is 23.0. The largest absolute Gasteiger partial charge is 0.494 e. The zero-order valence-electron chi connectivity index (χ0n) is 23.0. The molecule has 204 valence electrons. The van der Waals surface area contributed by atoms with E-state index < -0.39 is 11.6 Å². The van der Waals surface area contributed by atoms with Gasteiger partial charge in [0.05, 0.1) is 17.7 Å². The standard InChI is InChI=1S/C34H37F2NO2/c1-3-4-5-6-7-8-9-10-11-12-23-38-28-19-15-26(16-20-28)14-17-27-18-21-29(33(36)32(27)35)34-37-30-24-25(2)13-22-31(30)39-34/h13,15-16,18-22,24H,3-12,23H2,1-2H3. The maximum absolute atomic E-state index is 14.9. The van der Waals surface area contributed by atoms with Crippen LogP contribution in [-0.4, -0.2) is 11.6 Å². The summed E-state index contributed by atoms with van der Waals surface area (Å²) in [7, 11) is 0. The number of halogens is 2. The van der Waals surface area contributed by atoms with Crippen molar-refractivity contribution in [3.05, 3.63) is 82.9 Å². The molecule has 0 amide bonds. The molecule has 0 saturated heterocycles. The molecule has 0 atom stereocenters. The van der Waals surface area contributed by atoms with Gasteiger partial charge in [0, 0.05) is 5.56 Å². The molecule has 3 nitrogen and oxygen atoms in total. The predicted molar refractivity (Wildman–Crippen MR) is 154 cm³/mol. The van der Waals surface area contributed by atoms with E-state index in [9.17, 15) is 8.78 Å². The molecule has 39 heavy (non-hydrogen) atoms. The second-order valence-electron chi connectivity index (χ2n) is 10.1. The van der Waals surface area contributed by atoms with Crippen molar-refractivity contribution in [3.63, 3.8) is 0 Å². The lowest BCUT2D eigenvalue weighted by Gasteiger charge is -2.06. The minimum Gasteiger partial charge on any atom is -0.494 e. The number of hydrogen-bond acceptors (Lipinski definition) is 3. The third-order valence-corrected chi connectivity index (χ3v) is 6.82. The summed E-state index contributed by atoms with van der Waals surface area (Å²) in [6.07, 6.45) is 12.9. The summed E-state index contributed by atoms with van der Waals surface area (Å²) in [5.41, 5.74) is 2.77. The lowest BCUT2D eigenvalue weighted by atomic mass is 10.1. The molecule has 0 bridgehead atoms. The van der Waals surface area contributed by atoms with E-state index in [0.717, 1.165) is 17.7 Å². The first kappa shape index (κ1) is 28.4. The van der Waals surface area contributed by atoms with Gasteiger partial charge in [-0.2, -0.15) is 0 Å². The van der Waals surface area contributed by atoms with Crippen LogP contribution in [0, 0.1) is 30.4 Å². The topological polar surface area (TPSA) is 35.3 Å². The van der Waals surface area contributed by atoms with Crippen molar-refractivity contribution in [3.8, 4) is 29.0 Å². The highest BCUT2D eigenvalue weighted by atomic mass is 19.2. The molecule has 5 heteroatoms. The van der Waals surface area contributed by atoms with E-state index in [2.05, 4.69) is 23.7 Å². The molecule has 1 aromatic heterocycles. The van der Waals surface area contributed by atoms with E-state index in [1.165, 1.54) is 69.9 Å². The van der Waals surface area contributed by atoms with Gasteiger partial charge >= 0.3 is 0 Å². The third kappa shape index (κ3) is 8.17. The molecule has 0 aliphatic carbocycles. The summed E-state index contributed by atoms with van der Waals surface area (Å²) in [6, 6.07) is 15.7. The number of oxazole rings is 1. The molecule has 0 N–H and O–H groups in total. The van der Waals surface area contributed by atoms with Gasteiger partial charge < -0.3 is 9.15 Å². The SMILES string of the molecule is CCCCCCCCCCCCOc1ccc(C#Cc2ccc(-c3nc4cc(C)ccc4o3)c(F)c2F)cc1. The molecule has 0 radical (unpaired) electrons. The van der Waals surface area contributed by atoms with Gasteiger partial charge in [-0.25, -0.2) is 13.8 Å². The summed E-state index contributed by atoms with van der Waals surface area (Å²) in [5, 5.41) is 0. The van der Waals surface area contributed by atoms with Crippen molar-refractivity contribution in [2.24, 2.45) is 0 Å². The molecule has 0 spiro atoms. The molecule has 4 rings (SSSR count). The Morgan fingerprint density at radius 1 is 0.769 bits per heavy atom. The molecule has 0 aliphatic heterocycles.